The third-order valence-corrected chi connectivity index (χ3v) is 8.05. The number of sulfone groups is 1. The van der Waals surface area contributed by atoms with Crippen molar-refractivity contribution in [1.29, 1.82) is 0 Å². The van der Waals surface area contributed by atoms with Crippen LogP contribution in [-0.4, -0.2) is 30.1 Å². The third kappa shape index (κ3) is 2.33. The van der Waals surface area contributed by atoms with E-state index < -0.39 is 20.5 Å². The van der Waals surface area contributed by atoms with Gasteiger partial charge in [0.2, 0.25) is 0 Å². The fraction of sp³-hybridized carbons (Fsp3) is 1.00. The molecule has 1 aliphatic heterocycles. The lowest BCUT2D eigenvalue weighted by atomic mass is 10.1. The molecule has 0 aromatic carbocycles. The molecule has 4 nitrogen and oxygen atoms in total. The predicted molar refractivity (Wildman–Crippen MR) is 57.0 cm³/mol. The van der Waals surface area contributed by atoms with E-state index in [0.717, 1.165) is 0 Å². The smallest absolute Gasteiger partial charge is 0.163 e. The van der Waals surface area contributed by atoms with Gasteiger partial charge in [0, 0.05) is 6.26 Å². The Kier molecular flexibility index (Phi) is 3.24. The molecule has 1 heterocycles. The van der Waals surface area contributed by atoms with Crippen LogP contribution in [0.5, 0.6) is 0 Å². The molecule has 0 radical (unpaired) electrons. The van der Waals surface area contributed by atoms with Gasteiger partial charge in [-0.3, -0.25) is 4.84 Å². The molecule has 13 heavy (non-hydrogen) atoms. The first-order chi connectivity index (χ1) is 5.79. The summed E-state index contributed by atoms with van der Waals surface area (Å²) >= 11 is 0. The summed E-state index contributed by atoms with van der Waals surface area (Å²) in [4.78, 5) is 4.74. The van der Waals surface area contributed by atoms with Gasteiger partial charge >= 0.3 is 0 Å². The van der Waals surface area contributed by atoms with Crippen LogP contribution in [0, 0.1) is 0 Å². The summed E-state index contributed by atoms with van der Waals surface area (Å²) in [6, 6.07) is 0. The van der Waals surface area contributed by atoms with E-state index in [9.17, 15) is 8.42 Å². The molecular formula is C6H13NO3S3. The van der Waals surface area contributed by atoms with Crippen molar-refractivity contribution in [2.24, 2.45) is 5.90 Å². The van der Waals surface area contributed by atoms with Gasteiger partial charge in [0.25, 0.3) is 0 Å². The lowest BCUT2D eigenvalue weighted by Gasteiger charge is -2.24. The van der Waals surface area contributed by atoms with Crippen LogP contribution in [0.1, 0.15) is 13.8 Å². The molecule has 2 N–H and O–H groups in total. The van der Waals surface area contributed by atoms with Crippen LogP contribution in [0.15, 0.2) is 0 Å². The zero-order chi connectivity index (χ0) is 10.3. The standard InChI is InChI=1S/C6H13NO3S3/c1-6(2)4(10-7)5(11-12-6)13(3,8)9/h4-5H,7H2,1-3H3. The van der Waals surface area contributed by atoms with Gasteiger partial charge in [-0.1, -0.05) is 21.6 Å². The SMILES string of the molecule is CC1(C)SSC(S(C)(=O)=O)C1ON. The molecule has 2 unspecified atom stereocenters. The maximum absolute atomic E-state index is 11.3. The maximum atomic E-state index is 11.3. The second-order valence-corrected chi connectivity index (χ2v) is 9.00. The Hall–Kier alpha value is 0.570. The summed E-state index contributed by atoms with van der Waals surface area (Å²) in [5.74, 6) is 5.11. The van der Waals surface area contributed by atoms with E-state index in [4.69, 9.17) is 10.7 Å². The number of nitrogens with two attached hydrogens (primary N) is 1. The van der Waals surface area contributed by atoms with Gasteiger partial charge in [0.15, 0.2) is 9.84 Å². The van der Waals surface area contributed by atoms with Crippen LogP contribution in [0.2, 0.25) is 0 Å². The van der Waals surface area contributed by atoms with E-state index in [1.165, 1.54) is 27.8 Å². The second kappa shape index (κ2) is 3.62. The quantitative estimate of drug-likeness (QED) is 0.571. The van der Waals surface area contributed by atoms with E-state index in [1.807, 2.05) is 13.8 Å². The average Bonchev–Trinajstić information content (AvgIpc) is 2.23. The van der Waals surface area contributed by atoms with Crippen molar-refractivity contribution < 1.29 is 13.3 Å². The molecule has 1 rings (SSSR count). The van der Waals surface area contributed by atoms with Gasteiger partial charge in [-0.25, -0.2) is 14.3 Å². The van der Waals surface area contributed by atoms with Crippen molar-refractivity contribution in [3.8, 4) is 0 Å². The molecule has 78 valence electrons. The van der Waals surface area contributed by atoms with E-state index >= 15 is 0 Å². The Morgan fingerprint density at radius 1 is 1.46 bits per heavy atom. The molecule has 0 aromatic heterocycles. The largest absolute Gasteiger partial charge is 0.298 e. The first-order valence-corrected chi connectivity index (χ1v) is 7.84. The molecule has 2 atom stereocenters. The second-order valence-electron chi connectivity index (χ2n) is 3.54. The van der Waals surface area contributed by atoms with Gasteiger partial charge in [0.05, 0.1) is 4.75 Å². The first kappa shape index (κ1) is 11.6. The van der Waals surface area contributed by atoms with E-state index in [0.29, 0.717) is 0 Å². The lowest BCUT2D eigenvalue weighted by Crippen LogP contribution is -2.42. The van der Waals surface area contributed by atoms with E-state index in [2.05, 4.69) is 0 Å². The van der Waals surface area contributed by atoms with Crippen molar-refractivity contribution in [3.05, 3.63) is 0 Å². The maximum Gasteiger partial charge on any atom is 0.163 e. The Morgan fingerprint density at radius 3 is 2.31 bits per heavy atom. The molecule has 1 fully saturated rings. The number of hydrogen-bond acceptors (Lipinski definition) is 6. The molecule has 0 spiro atoms. The molecule has 0 aliphatic carbocycles. The lowest BCUT2D eigenvalue weighted by molar-refractivity contribution is 0.0456. The summed E-state index contributed by atoms with van der Waals surface area (Å²) in [6.07, 6.45) is 0.760. The summed E-state index contributed by atoms with van der Waals surface area (Å²) in [7, 11) is -0.285. The highest BCUT2D eigenvalue weighted by Crippen LogP contribution is 2.53. The molecule has 0 bridgehead atoms. The van der Waals surface area contributed by atoms with Crippen LogP contribution in [0.25, 0.3) is 0 Å². The summed E-state index contributed by atoms with van der Waals surface area (Å²) in [5.41, 5.74) is 0. The monoisotopic (exact) mass is 243 g/mol. The number of hydrogen-bond donors (Lipinski definition) is 1. The highest BCUT2D eigenvalue weighted by Gasteiger charge is 2.49. The van der Waals surface area contributed by atoms with Gasteiger partial charge in [-0.2, -0.15) is 0 Å². The van der Waals surface area contributed by atoms with Crippen LogP contribution in [0.3, 0.4) is 0 Å². The minimum atomic E-state index is -3.10. The molecule has 0 amide bonds. The minimum Gasteiger partial charge on any atom is -0.298 e. The van der Waals surface area contributed by atoms with Crippen LogP contribution < -0.4 is 5.90 Å². The summed E-state index contributed by atoms with van der Waals surface area (Å²) < 4.78 is 21.8. The molecular weight excluding hydrogens is 230 g/mol. The van der Waals surface area contributed by atoms with E-state index in [1.54, 1.807) is 0 Å². The normalized spacial score (nSPS) is 33.5. The van der Waals surface area contributed by atoms with Gasteiger partial charge in [-0.05, 0) is 13.8 Å². The minimum absolute atomic E-state index is 0.257. The Labute approximate surface area is 86.2 Å². The zero-order valence-corrected chi connectivity index (χ0v) is 10.1. The summed E-state index contributed by atoms with van der Waals surface area (Å²) in [6.45, 7) is 3.85. The van der Waals surface area contributed by atoms with Gasteiger partial charge in [-0.15, -0.1) is 0 Å². The topological polar surface area (TPSA) is 69.4 Å². The molecule has 0 saturated carbocycles. The highest BCUT2D eigenvalue weighted by molar-refractivity contribution is 8.79. The molecule has 7 heteroatoms. The van der Waals surface area contributed by atoms with Gasteiger partial charge in [0.1, 0.15) is 10.7 Å². The van der Waals surface area contributed by atoms with Crippen LogP contribution in [-0.2, 0) is 14.7 Å². The third-order valence-electron chi connectivity index (χ3n) is 1.86. The summed E-state index contributed by atoms with van der Waals surface area (Å²) in [5, 5.41) is 0. The van der Waals surface area contributed by atoms with Crippen LogP contribution >= 0.6 is 21.6 Å². The van der Waals surface area contributed by atoms with Crippen molar-refractivity contribution in [2.45, 2.75) is 29.3 Å². The fourth-order valence-electron chi connectivity index (χ4n) is 1.12. The fourth-order valence-corrected chi connectivity index (χ4v) is 7.11. The Bertz CT molecular complexity index is 287. The number of rotatable bonds is 2. The Balaban J connectivity index is 2.93. The highest BCUT2D eigenvalue weighted by atomic mass is 33.1. The van der Waals surface area contributed by atoms with Crippen molar-refractivity contribution in [3.63, 3.8) is 0 Å². The first-order valence-electron chi connectivity index (χ1n) is 3.68. The average molecular weight is 243 g/mol. The predicted octanol–water partition coefficient (Wildman–Crippen LogP) is 0.790. The van der Waals surface area contributed by atoms with Gasteiger partial charge < -0.3 is 0 Å². The van der Waals surface area contributed by atoms with Crippen LogP contribution in [0.4, 0.5) is 0 Å². The van der Waals surface area contributed by atoms with Crippen molar-refractivity contribution >= 4 is 31.4 Å². The van der Waals surface area contributed by atoms with E-state index in [-0.39, 0.29) is 4.75 Å². The zero-order valence-electron chi connectivity index (χ0n) is 7.68. The molecule has 0 aromatic rings. The molecule has 1 saturated heterocycles. The molecule has 1 aliphatic rings. The Morgan fingerprint density at radius 2 is 2.00 bits per heavy atom. The van der Waals surface area contributed by atoms with Crippen molar-refractivity contribution in [1.82, 2.24) is 0 Å². The van der Waals surface area contributed by atoms with Crippen molar-refractivity contribution in [2.75, 3.05) is 6.26 Å².